The van der Waals surface area contributed by atoms with Gasteiger partial charge in [0.1, 0.15) is 0 Å². The molecule has 0 atom stereocenters. The van der Waals surface area contributed by atoms with Crippen molar-refractivity contribution in [2.75, 3.05) is 0 Å². The van der Waals surface area contributed by atoms with Crippen molar-refractivity contribution in [1.82, 2.24) is 29.1 Å². The lowest BCUT2D eigenvalue weighted by Crippen LogP contribution is -2.34. The number of pyridine rings is 6. The summed E-state index contributed by atoms with van der Waals surface area (Å²) in [6.07, 6.45) is 3.43. The van der Waals surface area contributed by atoms with E-state index in [9.17, 15) is 0 Å². The molecule has 70 heavy (non-hydrogen) atoms. The molecule has 0 spiro atoms. The molecular formula is C60H46N6O4. The molecule has 0 unspecified atom stereocenters. The van der Waals surface area contributed by atoms with E-state index >= 15 is 19.2 Å². The van der Waals surface area contributed by atoms with E-state index in [4.69, 9.17) is 19.9 Å². The van der Waals surface area contributed by atoms with Gasteiger partial charge in [-0.1, -0.05) is 104 Å². The Balaban J connectivity index is 1.33. The smallest absolute Gasteiger partial charge is 0.266 e. The maximum Gasteiger partial charge on any atom is 0.266 e. The van der Waals surface area contributed by atoms with Gasteiger partial charge in [-0.25, -0.2) is 19.1 Å². The van der Waals surface area contributed by atoms with E-state index in [1.165, 1.54) is 9.13 Å². The van der Waals surface area contributed by atoms with Crippen molar-refractivity contribution in [2.45, 2.75) is 79.1 Å². The van der Waals surface area contributed by atoms with Crippen LogP contribution in [0.4, 0.5) is 0 Å². The molecule has 0 fully saturated rings. The molecule has 6 heterocycles. The molecule has 340 valence electrons. The molecule has 13 rings (SSSR count). The average Bonchev–Trinajstić information content (AvgIpc) is 3.36. The van der Waals surface area contributed by atoms with Gasteiger partial charge in [-0.2, -0.15) is 0 Å². The van der Waals surface area contributed by atoms with Crippen LogP contribution in [0.2, 0.25) is 0 Å². The molecule has 10 nitrogen and oxygen atoms in total. The SMILES string of the molecule is CC(C)c1cccc(C(C)C)c1-n1c(=O)c2cc3nc(-c4ccccn4)c4cc5c(=O)n(-c6c(C(C)C)cccc6C(C)C)c(=O)c6cc7nc(-c8ccccn8)c8cc(c1=O)c2c1c3c4c(c65)c7c81. The summed E-state index contributed by atoms with van der Waals surface area (Å²) in [5, 5.41) is 8.22. The summed E-state index contributed by atoms with van der Waals surface area (Å²) in [5.41, 5.74) is 6.32. The summed E-state index contributed by atoms with van der Waals surface area (Å²) in [7, 11) is 0. The first-order chi connectivity index (χ1) is 33.8. The predicted molar refractivity (Wildman–Crippen MR) is 285 cm³/mol. The van der Waals surface area contributed by atoms with Crippen molar-refractivity contribution in [3.8, 4) is 34.2 Å². The molecule has 0 saturated carbocycles. The van der Waals surface area contributed by atoms with Crippen LogP contribution in [0, 0.1) is 0 Å². The summed E-state index contributed by atoms with van der Waals surface area (Å²) in [4.78, 5) is 83.2. The minimum absolute atomic E-state index is 0.00491. The second-order valence-electron chi connectivity index (χ2n) is 20.3. The van der Waals surface area contributed by atoms with Gasteiger partial charge in [-0.05, 0) is 94.5 Å². The van der Waals surface area contributed by atoms with Gasteiger partial charge in [0, 0.05) is 77.0 Å². The molecule has 0 N–H and O–H groups in total. The van der Waals surface area contributed by atoms with Crippen molar-refractivity contribution < 1.29 is 0 Å². The van der Waals surface area contributed by atoms with Gasteiger partial charge < -0.3 is 0 Å². The Morgan fingerprint density at radius 3 is 1.01 bits per heavy atom. The van der Waals surface area contributed by atoms with Gasteiger partial charge in [0.05, 0.1) is 56.0 Å². The minimum atomic E-state index is -0.431. The van der Waals surface area contributed by atoms with Crippen LogP contribution in [0.5, 0.6) is 0 Å². The molecule has 0 aliphatic heterocycles. The third-order valence-corrected chi connectivity index (χ3v) is 14.9. The second-order valence-corrected chi connectivity index (χ2v) is 20.3. The zero-order chi connectivity index (χ0) is 48.3. The number of hydrogen-bond acceptors (Lipinski definition) is 8. The quantitative estimate of drug-likeness (QED) is 0.109. The van der Waals surface area contributed by atoms with E-state index in [1.54, 1.807) is 12.4 Å². The monoisotopic (exact) mass is 914 g/mol. The Labute approximate surface area is 400 Å². The summed E-state index contributed by atoms with van der Waals surface area (Å²) < 4.78 is 2.78. The van der Waals surface area contributed by atoms with Crippen LogP contribution in [0.15, 0.2) is 129 Å². The highest BCUT2D eigenvalue weighted by Crippen LogP contribution is 2.53. The fourth-order valence-electron chi connectivity index (χ4n) is 11.9. The Kier molecular flexibility index (Phi) is 8.76. The summed E-state index contributed by atoms with van der Waals surface area (Å²) >= 11 is 0. The van der Waals surface area contributed by atoms with Gasteiger partial charge in [0.25, 0.3) is 22.2 Å². The molecular weight excluding hydrogens is 869 g/mol. The van der Waals surface area contributed by atoms with Crippen LogP contribution < -0.4 is 22.2 Å². The third kappa shape index (κ3) is 5.38. The van der Waals surface area contributed by atoms with E-state index in [1.807, 2.05) is 97.1 Å². The van der Waals surface area contributed by atoms with Gasteiger partial charge in [0.15, 0.2) is 0 Å². The third-order valence-electron chi connectivity index (χ3n) is 14.9. The number of para-hydroxylation sites is 2. The molecule has 0 amide bonds. The van der Waals surface area contributed by atoms with Gasteiger partial charge in [0.2, 0.25) is 0 Å². The van der Waals surface area contributed by atoms with Crippen molar-refractivity contribution in [3.05, 3.63) is 173 Å². The number of rotatable bonds is 8. The first-order valence-electron chi connectivity index (χ1n) is 24.2. The van der Waals surface area contributed by atoms with Crippen LogP contribution >= 0.6 is 0 Å². The van der Waals surface area contributed by atoms with Crippen molar-refractivity contribution >= 4 is 86.4 Å². The van der Waals surface area contributed by atoms with Gasteiger partial charge in [-0.15, -0.1) is 0 Å². The standard InChI is InChI=1S/C60H46N6O4/c1-27(2)31-15-13-16-32(28(3)4)55(31)65-57(67)37-23-35-47-50-44(64-53(35)41-19-9-11-21-61-41)26-40-46-38(58(68)66(60(40)70)56-33(29(5)6)17-14-18-34(56)30(7)8)24-36-48(52(46)50)49-43(25-39(59(65)69)45(37)51(47)49)63-54(36)42-20-10-12-22-62-42/h9-30H,1-8H3. The largest absolute Gasteiger partial charge is 0.268 e. The Morgan fingerprint density at radius 1 is 0.357 bits per heavy atom. The molecule has 7 aromatic carbocycles. The molecule has 0 aliphatic carbocycles. The molecule has 0 aliphatic rings. The minimum Gasteiger partial charge on any atom is -0.268 e. The first kappa shape index (κ1) is 41.9. The van der Waals surface area contributed by atoms with Crippen LogP contribution in [-0.4, -0.2) is 29.1 Å². The first-order valence-corrected chi connectivity index (χ1v) is 24.2. The Bertz CT molecular complexity index is 4210. The molecule has 10 heteroatoms. The van der Waals surface area contributed by atoms with E-state index in [2.05, 4.69) is 55.4 Å². The molecule has 0 bridgehead atoms. The van der Waals surface area contributed by atoms with E-state index in [-0.39, 0.29) is 23.7 Å². The summed E-state index contributed by atoms with van der Waals surface area (Å²) in [5.74, 6) is 0.0196. The highest BCUT2D eigenvalue weighted by molar-refractivity contribution is 6.50. The summed E-state index contributed by atoms with van der Waals surface area (Å²) in [6, 6.07) is 30.7. The maximum absolute atomic E-state index is 15.7. The second kappa shape index (κ2) is 14.6. The number of aromatic nitrogens is 6. The Hall–Kier alpha value is -8.24. The van der Waals surface area contributed by atoms with E-state index in [0.29, 0.717) is 99.0 Å². The number of nitrogens with zero attached hydrogens (tertiary/aromatic N) is 6. The molecule has 0 saturated heterocycles. The highest BCUT2D eigenvalue weighted by atomic mass is 16.2. The van der Waals surface area contributed by atoms with Gasteiger partial charge >= 0.3 is 0 Å². The fraction of sp³-hybridized carbons (Fsp3) is 0.200. The number of benzene rings is 7. The zero-order valence-electron chi connectivity index (χ0n) is 40.0. The average molecular weight is 915 g/mol. The van der Waals surface area contributed by atoms with E-state index in [0.717, 1.165) is 43.8 Å². The predicted octanol–water partition coefficient (Wildman–Crippen LogP) is 12.5. The lowest BCUT2D eigenvalue weighted by molar-refractivity contribution is 0.792. The molecule has 13 aromatic rings. The summed E-state index contributed by atoms with van der Waals surface area (Å²) in [6.45, 7) is 16.6. The lowest BCUT2D eigenvalue weighted by atomic mass is 9.81. The van der Waals surface area contributed by atoms with Crippen molar-refractivity contribution in [2.24, 2.45) is 0 Å². The maximum atomic E-state index is 15.7. The lowest BCUT2D eigenvalue weighted by Gasteiger charge is -2.26. The van der Waals surface area contributed by atoms with Crippen molar-refractivity contribution in [3.63, 3.8) is 0 Å². The fourth-order valence-corrected chi connectivity index (χ4v) is 11.9. The topological polar surface area (TPSA) is 130 Å². The number of hydrogen-bond donors (Lipinski definition) is 0. The molecule has 0 radical (unpaired) electrons. The normalized spacial score (nSPS) is 12.7. The molecule has 6 aromatic heterocycles. The van der Waals surface area contributed by atoms with Crippen LogP contribution in [0.1, 0.15) is 101 Å². The van der Waals surface area contributed by atoms with Crippen LogP contribution in [0.25, 0.3) is 121 Å². The van der Waals surface area contributed by atoms with Crippen LogP contribution in [0.3, 0.4) is 0 Å². The van der Waals surface area contributed by atoms with Crippen LogP contribution in [-0.2, 0) is 0 Å². The van der Waals surface area contributed by atoms with Gasteiger partial charge in [-0.3, -0.25) is 29.1 Å². The van der Waals surface area contributed by atoms with E-state index < -0.39 is 22.2 Å². The Morgan fingerprint density at radius 2 is 0.700 bits per heavy atom. The van der Waals surface area contributed by atoms with Crippen molar-refractivity contribution in [1.29, 1.82) is 0 Å². The zero-order valence-corrected chi connectivity index (χ0v) is 40.0. The highest BCUT2D eigenvalue weighted by Gasteiger charge is 2.33.